The van der Waals surface area contributed by atoms with Crippen LogP contribution in [0.4, 0.5) is 0 Å². The minimum Gasteiger partial charge on any atom is -0.336 e. The Morgan fingerprint density at radius 1 is 1.26 bits per heavy atom. The van der Waals surface area contributed by atoms with Gasteiger partial charge in [0, 0.05) is 58.2 Å². The quantitative estimate of drug-likeness (QED) is 0.652. The lowest BCUT2D eigenvalue weighted by molar-refractivity contribution is 0.253. The van der Waals surface area contributed by atoms with E-state index in [0.717, 1.165) is 26.2 Å². The van der Waals surface area contributed by atoms with Gasteiger partial charge >= 0.3 is 0 Å². The Kier molecular flexibility index (Phi) is 5.32. The zero-order valence-corrected chi connectivity index (χ0v) is 11.8. The SMILES string of the molecule is O=S(=O)(CCN1CCNCC1)NCCn1ccnc1. The molecule has 7 nitrogen and oxygen atoms in total. The molecule has 0 aromatic carbocycles. The van der Waals surface area contributed by atoms with Crippen molar-refractivity contribution in [3.8, 4) is 0 Å². The van der Waals surface area contributed by atoms with E-state index >= 15 is 0 Å². The second-order valence-corrected chi connectivity index (χ2v) is 6.53. The Hall–Kier alpha value is -0.960. The van der Waals surface area contributed by atoms with Crippen LogP contribution in [0, 0.1) is 0 Å². The predicted molar refractivity (Wildman–Crippen MR) is 73.3 cm³/mol. The summed E-state index contributed by atoms with van der Waals surface area (Å²) in [6.07, 6.45) is 5.17. The highest BCUT2D eigenvalue weighted by Gasteiger charge is 2.14. The summed E-state index contributed by atoms with van der Waals surface area (Å²) in [5.74, 6) is 0.164. The highest BCUT2D eigenvalue weighted by atomic mass is 32.2. The molecule has 8 heteroatoms. The maximum atomic E-state index is 11.8. The van der Waals surface area contributed by atoms with Crippen LogP contribution in [0.2, 0.25) is 0 Å². The van der Waals surface area contributed by atoms with Crippen LogP contribution in [0.25, 0.3) is 0 Å². The van der Waals surface area contributed by atoms with Crippen molar-refractivity contribution in [2.24, 2.45) is 0 Å². The molecule has 1 aliphatic heterocycles. The number of hydrogen-bond donors (Lipinski definition) is 2. The van der Waals surface area contributed by atoms with E-state index in [9.17, 15) is 8.42 Å². The summed E-state index contributed by atoms with van der Waals surface area (Å²) in [7, 11) is -3.18. The standard InChI is InChI=1S/C11H21N5O2S/c17-19(18,10-9-15-5-1-12-2-6-15)14-4-8-16-7-3-13-11-16/h3,7,11-12,14H,1-2,4-6,8-10H2. The van der Waals surface area contributed by atoms with E-state index in [0.29, 0.717) is 19.6 Å². The van der Waals surface area contributed by atoms with E-state index in [2.05, 4.69) is 19.9 Å². The number of hydrogen-bond acceptors (Lipinski definition) is 5. The molecule has 0 spiro atoms. The van der Waals surface area contributed by atoms with Crippen molar-refractivity contribution in [2.45, 2.75) is 6.54 Å². The fourth-order valence-corrected chi connectivity index (χ4v) is 3.05. The molecular weight excluding hydrogens is 266 g/mol. The average molecular weight is 287 g/mol. The van der Waals surface area contributed by atoms with E-state index in [-0.39, 0.29) is 5.75 Å². The largest absolute Gasteiger partial charge is 0.336 e. The molecule has 19 heavy (non-hydrogen) atoms. The summed E-state index contributed by atoms with van der Waals surface area (Å²) in [4.78, 5) is 6.08. The van der Waals surface area contributed by atoms with Gasteiger partial charge in [0.2, 0.25) is 10.0 Å². The van der Waals surface area contributed by atoms with Crippen molar-refractivity contribution >= 4 is 10.0 Å². The molecule has 1 aliphatic rings. The highest BCUT2D eigenvalue weighted by Crippen LogP contribution is 1.94. The Balaban J connectivity index is 1.66. The summed E-state index contributed by atoms with van der Waals surface area (Å²) < 4.78 is 28.1. The number of rotatable bonds is 7. The van der Waals surface area contributed by atoms with Gasteiger partial charge in [-0.3, -0.25) is 4.90 Å². The number of imidazole rings is 1. The molecule has 1 aromatic heterocycles. The van der Waals surface area contributed by atoms with Crippen LogP contribution in [0.3, 0.4) is 0 Å². The molecule has 1 saturated heterocycles. The maximum absolute atomic E-state index is 11.8. The van der Waals surface area contributed by atoms with Gasteiger partial charge in [0.1, 0.15) is 0 Å². The van der Waals surface area contributed by atoms with Crippen LogP contribution >= 0.6 is 0 Å². The Bertz CT molecular complexity index is 453. The third kappa shape index (κ3) is 5.27. The van der Waals surface area contributed by atoms with Crippen LogP contribution in [-0.2, 0) is 16.6 Å². The van der Waals surface area contributed by atoms with E-state index in [4.69, 9.17) is 0 Å². The first-order valence-electron chi connectivity index (χ1n) is 6.52. The molecule has 108 valence electrons. The number of nitrogens with zero attached hydrogens (tertiary/aromatic N) is 3. The van der Waals surface area contributed by atoms with Gasteiger partial charge in [0.05, 0.1) is 12.1 Å². The molecule has 0 unspecified atom stereocenters. The van der Waals surface area contributed by atoms with Crippen LogP contribution in [0.1, 0.15) is 0 Å². The molecule has 2 N–H and O–H groups in total. The second kappa shape index (κ2) is 6.99. The monoisotopic (exact) mass is 287 g/mol. The summed E-state index contributed by atoms with van der Waals surface area (Å²) >= 11 is 0. The lowest BCUT2D eigenvalue weighted by atomic mass is 10.4. The molecule has 0 saturated carbocycles. The van der Waals surface area contributed by atoms with Gasteiger partial charge in [-0.15, -0.1) is 0 Å². The number of aromatic nitrogens is 2. The van der Waals surface area contributed by atoms with Crippen LogP contribution in [-0.4, -0.2) is 67.9 Å². The Morgan fingerprint density at radius 3 is 2.74 bits per heavy atom. The lowest BCUT2D eigenvalue weighted by Crippen LogP contribution is -2.46. The van der Waals surface area contributed by atoms with Crippen molar-refractivity contribution in [3.63, 3.8) is 0 Å². The van der Waals surface area contributed by atoms with Crippen molar-refractivity contribution < 1.29 is 8.42 Å². The van der Waals surface area contributed by atoms with Gasteiger partial charge in [0.25, 0.3) is 0 Å². The summed E-state index contributed by atoms with van der Waals surface area (Å²) in [6.45, 7) is 5.33. The molecule has 0 amide bonds. The molecule has 1 aromatic rings. The van der Waals surface area contributed by atoms with Crippen molar-refractivity contribution in [2.75, 3.05) is 45.0 Å². The molecular formula is C11H21N5O2S. The van der Waals surface area contributed by atoms with Crippen molar-refractivity contribution in [1.29, 1.82) is 0 Å². The normalized spacial score (nSPS) is 17.7. The highest BCUT2D eigenvalue weighted by molar-refractivity contribution is 7.89. The molecule has 0 radical (unpaired) electrons. The molecule has 0 atom stereocenters. The molecule has 0 bridgehead atoms. The topological polar surface area (TPSA) is 79.3 Å². The maximum Gasteiger partial charge on any atom is 0.212 e. The molecule has 0 aliphatic carbocycles. The van der Waals surface area contributed by atoms with E-state index in [1.54, 1.807) is 12.5 Å². The molecule has 1 fully saturated rings. The Labute approximate surface area is 114 Å². The summed E-state index contributed by atoms with van der Waals surface area (Å²) in [5.41, 5.74) is 0. The first-order valence-corrected chi connectivity index (χ1v) is 8.17. The van der Waals surface area contributed by atoms with E-state index in [1.807, 2.05) is 10.8 Å². The third-order valence-corrected chi connectivity index (χ3v) is 4.50. The van der Waals surface area contributed by atoms with Crippen LogP contribution in [0.15, 0.2) is 18.7 Å². The first-order chi connectivity index (χ1) is 9.16. The molecule has 2 heterocycles. The summed E-state index contributed by atoms with van der Waals surface area (Å²) in [6, 6.07) is 0. The Morgan fingerprint density at radius 2 is 2.05 bits per heavy atom. The van der Waals surface area contributed by atoms with Gasteiger partial charge in [0.15, 0.2) is 0 Å². The van der Waals surface area contributed by atoms with Crippen molar-refractivity contribution in [1.82, 2.24) is 24.5 Å². The van der Waals surface area contributed by atoms with Gasteiger partial charge in [-0.25, -0.2) is 18.1 Å². The fraction of sp³-hybridized carbons (Fsp3) is 0.727. The predicted octanol–water partition coefficient (Wildman–Crippen LogP) is -1.29. The summed E-state index contributed by atoms with van der Waals surface area (Å²) in [5, 5.41) is 3.25. The minimum absolute atomic E-state index is 0.164. The number of piperazine rings is 1. The van der Waals surface area contributed by atoms with E-state index < -0.39 is 10.0 Å². The smallest absolute Gasteiger partial charge is 0.212 e. The average Bonchev–Trinajstić information content (AvgIpc) is 2.91. The first kappa shape index (κ1) is 14.4. The van der Waals surface area contributed by atoms with Gasteiger partial charge in [-0.2, -0.15) is 0 Å². The fourth-order valence-electron chi connectivity index (χ4n) is 2.01. The van der Waals surface area contributed by atoms with E-state index in [1.165, 1.54) is 0 Å². The van der Waals surface area contributed by atoms with Gasteiger partial charge in [-0.1, -0.05) is 0 Å². The third-order valence-electron chi connectivity index (χ3n) is 3.14. The number of nitrogens with one attached hydrogen (secondary N) is 2. The zero-order valence-electron chi connectivity index (χ0n) is 11.0. The van der Waals surface area contributed by atoms with Gasteiger partial charge < -0.3 is 9.88 Å². The van der Waals surface area contributed by atoms with Gasteiger partial charge in [-0.05, 0) is 0 Å². The zero-order chi connectivity index (χ0) is 13.6. The lowest BCUT2D eigenvalue weighted by Gasteiger charge is -2.26. The number of sulfonamides is 1. The van der Waals surface area contributed by atoms with Crippen molar-refractivity contribution in [3.05, 3.63) is 18.7 Å². The molecule has 2 rings (SSSR count). The van der Waals surface area contributed by atoms with Crippen LogP contribution in [0.5, 0.6) is 0 Å². The second-order valence-electron chi connectivity index (χ2n) is 4.61. The van der Waals surface area contributed by atoms with Crippen LogP contribution < -0.4 is 10.0 Å². The minimum atomic E-state index is -3.18.